The zero-order valence-electron chi connectivity index (χ0n) is 19.3. The van der Waals surface area contributed by atoms with Gasteiger partial charge in [-0.3, -0.25) is 0 Å². The van der Waals surface area contributed by atoms with Crippen molar-refractivity contribution in [3.8, 4) is 34.0 Å². The van der Waals surface area contributed by atoms with Crippen molar-refractivity contribution in [3.05, 3.63) is 85.2 Å². The predicted molar refractivity (Wildman–Crippen MR) is 134 cm³/mol. The fourth-order valence-corrected chi connectivity index (χ4v) is 4.98. The first kappa shape index (κ1) is 21.3. The van der Waals surface area contributed by atoms with Gasteiger partial charge in [0, 0.05) is 24.0 Å². The van der Waals surface area contributed by atoms with E-state index in [0.29, 0.717) is 12.5 Å². The van der Waals surface area contributed by atoms with Crippen LogP contribution in [-0.4, -0.2) is 62.5 Å². The SMILES string of the molecule is O[C@@H]1CO[C@H]2[C@@H]1OC[C@H]2Oc1cc2nc(-c3ccc(-c4ccc(-n5cccn5)cc4)cc3)ccc2[nH]1. The van der Waals surface area contributed by atoms with Crippen LogP contribution in [0.1, 0.15) is 0 Å². The molecule has 0 amide bonds. The molecule has 5 aromatic rings. The molecule has 7 rings (SSSR count). The van der Waals surface area contributed by atoms with Gasteiger partial charge in [0.2, 0.25) is 0 Å². The van der Waals surface area contributed by atoms with Gasteiger partial charge in [0.25, 0.3) is 0 Å². The predicted octanol–water partition coefficient (Wildman–Crippen LogP) is 3.99. The van der Waals surface area contributed by atoms with Gasteiger partial charge in [-0.05, 0) is 41.5 Å². The summed E-state index contributed by atoms with van der Waals surface area (Å²) < 4.78 is 19.3. The van der Waals surface area contributed by atoms with E-state index >= 15 is 0 Å². The third kappa shape index (κ3) is 3.76. The number of hydrogen-bond acceptors (Lipinski definition) is 6. The van der Waals surface area contributed by atoms with Crippen molar-refractivity contribution in [1.82, 2.24) is 19.7 Å². The van der Waals surface area contributed by atoms with Crippen molar-refractivity contribution >= 4 is 11.0 Å². The van der Waals surface area contributed by atoms with Crippen LogP contribution in [0.3, 0.4) is 0 Å². The van der Waals surface area contributed by atoms with E-state index in [9.17, 15) is 5.11 Å². The van der Waals surface area contributed by atoms with Gasteiger partial charge in [0.15, 0.2) is 12.0 Å². The Morgan fingerprint density at radius 1 is 0.889 bits per heavy atom. The molecule has 0 aliphatic carbocycles. The normalized spacial score (nSPS) is 23.2. The Balaban J connectivity index is 1.08. The molecule has 3 aromatic heterocycles. The Morgan fingerprint density at radius 2 is 1.64 bits per heavy atom. The Bertz CT molecular complexity index is 1500. The zero-order chi connectivity index (χ0) is 24.1. The summed E-state index contributed by atoms with van der Waals surface area (Å²) >= 11 is 0. The average Bonchev–Trinajstić information content (AvgIpc) is 3.71. The number of rotatable bonds is 5. The zero-order valence-corrected chi connectivity index (χ0v) is 19.3. The van der Waals surface area contributed by atoms with Crippen LogP contribution in [0, 0.1) is 0 Å². The van der Waals surface area contributed by atoms with E-state index in [4.69, 9.17) is 19.2 Å². The highest BCUT2D eigenvalue weighted by molar-refractivity contribution is 5.81. The number of aromatic amines is 1. The monoisotopic (exact) mass is 480 g/mol. The number of aromatic nitrogens is 4. The van der Waals surface area contributed by atoms with Crippen LogP contribution in [-0.2, 0) is 9.47 Å². The van der Waals surface area contributed by atoms with E-state index in [-0.39, 0.29) is 24.9 Å². The summed E-state index contributed by atoms with van der Waals surface area (Å²) in [5, 5.41) is 14.2. The first-order valence-electron chi connectivity index (χ1n) is 12.0. The molecule has 0 spiro atoms. The van der Waals surface area contributed by atoms with E-state index in [1.807, 2.05) is 35.1 Å². The maximum atomic E-state index is 9.94. The van der Waals surface area contributed by atoms with Crippen molar-refractivity contribution < 1.29 is 19.3 Å². The summed E-state index contributed by atoms with van der Waals surface area (Å²) in [6.07, 6.45) is 2.27. The van der Waals surface area contributed by atoms with Crippen molar-refractivity contribution in [3.63, 3.8) is 0 Å². The third-order valence-corrected chi connectivity index (χ3v) is 6.86. The maximum Gasteiger partial charge on any atom is 0.193 e. The van der Waals surface area contributed by atoms with Crippen LogP contribution in [0.25, 0.3) is 39.1 Å². The molecule has 2 N–H and O–H groups in total. The number of aliphatic hydroxyl groups is 1. The second kappa shape index (κ2) is 8.60. The molecule has 2 aromatic carbocycles. The summed E-state index contributed by atoms with van der Waals surface area (Å²) in [6, 6.07) is 24.6. The van der Waals surface area contributed by atoms with Crippen molar-refractivity contribution in [1.29, 1.82) is 0 Å². The minimum atomic E-state index is -0.594. The molecule has 0 saturated carbocycles. The first-order valence-corrected chi connectivity index (χ1v) is 12.0. The molecule has 8 heteroatoms. The number of pyridine rings is 1. The smallest absolute Gasteiger partial charge is 0.193 e. The van der Waals surface area contributed by atoms with Crippen LogP contribution in [0.5, 0.6) is 5.88 Å². The number of benzene rings is 2. The molecule has 2 saturated heterocycles. The van der Waals surface area contributed by atoms with E-state index in [0.717, 1.165) is 39.1 Å². The molecule has 5 heterocycles. The molecule has 180 valence electrons. The topological polar surface area (TPSA) is 94.4 Å². The number of aliphatic hydroxyl groups excluding tert-OH is 1. The van der Waals surface area contributed by atoms with Crippen molar-refractivity contribution in [2.45, 2.75) is 24.4 Å². The van der Waals surface area contributed by atoms with Gasteiger partial charge in [-0.2, -0.15) is 5.10 Å². The molecule has 0 radical (unpaired) electrons. The number of ether oxygens (including phenoxy) is 3. The minimum absolute atomic E-state index is 0.254. The summed E-state index contributed by atoms with van der Waals surface area (Å²) in [5.41, 5.74) is 6.96. The van der Waals surface area contributed by atoms with Gasteiger partial charge in [0.05, 0.1) is 35.6 Å². The van der Waals surface area contributed by atoms with E-state index in [2.05, 4.69) is 58.6 Å². The number of nitrogens with zero attached hydrogens (tertiary/aromatic N) is 3. The lowest BCUT2D eigenvalue weighted by atomic mass is 10.0. The van der Waals surface area contributed by atoms with E-state index in [1.54, 1.807) is 6.20 Å². The van der Waals surface area contributed by atoms with Crippen LogP contribution >= 0.6 is 0 Å². The van der Waals surface area contributed by atoms with Gasteiger partial charge < -0.3 is 24.3 Å². The summed E-state index contributed by atoms with van der Waals surface area (Å²) in [6.45, 7) is 0.668. The molecule has 0 bridgehead atoms. The standard InChI is InChI=1S/C28H24N4O4/c33-24-15-34-28-25(16-35-27(24)28)36-26-14-23-22(31-26)11-10-21(30-23)19-4-2-17(3-5-19)18-6-8-20(9-7-18)32-13-1-12-29-32/h1-14,24-25,27-28,31,33H,15-16H2/t24-,25-,27-,28-/m1/s1. The van der Waals surface area contributed by atoms with Crippen LogP contribution < -0.4 is 4.74 Å². The molecule has 8 nitrogen and oxygen atoms in total. The number of fused-ring (bicyclic) bond motifs is 2. The van der Waals surface area contributed by atoms with Crippen molar-refractivity contribution in [2.24, 2.45) is 0 Å². The Labute approximate surface area is 207 Å². The van der Waals surface area contributed by atoms with Gasteiger partial charge >= 0.3 is 0 Å². The van der Waals surface area contributed by atoms with Crippen LogP contribution in [0.4, 0.5) is 0 Å². The lowest BCUT2D eigenvalue weighted by Gasteiger charge is -2.16. The highest BCUT2D eigenvalue weighted by Gasteiger charge is 2.48. The fraction of sp³-hybridized carbons (Fsp3) is 0.214. The fourth-order valence-electron chi connectivity index (χ4n) is 4.98. The number of hydrogen-bond donors (Lipinski definition) is 2. The van der Waals surface area contributed by atoms with Crippen LogP contribution in [0.15, 0.2) is 85.2 Å². The van der Waals surface area contributed by atoms with E-state index in [1.165, 1.54) is 0 Å². The van der Waals surface area contributed by atoms with Crippen molar-refractivity contribution in [2.75, 3.05) is 13.2 Å². The number of H-pyrrole nitrogens is 1. The average molecular weight is 481 g/mol. The molecule has 0 unspecified atom stereocenters. The molecule has 4 atom stereocenters. The maximum absolute atomic E-state index is 9.94. The largest absolute Gasteiger partial charge is 0.470 e. The van der Waals surface area contributed by atoms with Crippen LogP contribution in [0.2, 0.25) is 0 Å². The second-order valence-electron chi connectivity index (χ2n) is 9.16. The summed E-state index contributed by atoms with van der Waals surface area (Å²) in [7, 11) is 0. The molecule has 2 aliphatic rings. The molecular formula is C28H24N4O4. The molecule has 36 heavy (non-hydrogen) atoms. The Morgan fingerprint density at radius 3 is 2.42 bits per heavy atom. The molecule has 2 aliphatic heterocycles. The van der Waals surface area contributed by atoms with Gasteiger partial charge in [-0.25, -0.2) is 9.67 Å². The van der Waals surface area contributed by atoms with Gasteiger partial charge in [-0.15, -0.1) is 0 Å². The molecule has 2 fully saturated rings. The quantitative estimate of drug-likeness (QED) is 0.395. The molecular weight excluding hydrogens is 456 g/mol. The summed E-state index contributed by atoms with van der Waals surface area (Å²) in [5.74, 6) is 0.614. The van der Waals surface area contributed by atoms with E-state index < -0.39 is 6.10 Å². The highest BCUT2D eigenvalue weighted by Crippen LogP contribution is 2.31. The Hall–Kier alpha value is -3.98. The minimum Gasteiger partial charge on any atom is -0.470 e. The second-order valence-corrected chi connectivity index (χ2v) is 9.16. The first-order chi connectivity index (χ1) is 17.7. The number of nitrogens with one attached hydrogen (secondary N) is 1. The van der Waals surface area contributed by atoms with Gasteiger partial charge in [-0.1, -0.05) is 36.4 Å². The summed E-state index contributed by atoms with van der Waals surface area (Å²) in [4.78, 5) is 8.11. The Kier molecular flexibility index (Phi) is 5.09. The third-order valence-electron chi connectivity index (χ3n) is 6.86. The van der Waals surface area contributed by atoms with Gasteiger partial charge in [0.1, 0.15) is 18.3 Å². The highest BCUT2D eigenvalue weighted by atomic mass is 16.6. The lowest BCUT2D eigenvalue weighted by Crippen LogP contribution is -2.34. The lowest BCUT2D eigenvalue weighted by molar-refractivity contribution is 0.00794.